The summed E-state index contributed by atoms with van der Waals surface area (Å²) in [4.78, 5) is 20.3. The Bertz CT molecular complexity index is 244. The minimum atomic E-state index is -1.15. The van der Waals surface area contributed by atoms with Gasteiger partial charge < -0.3 is 0 Å². The van der Waals surface area contributed by atoms with Gasteiger partial charge in [0.2, 0.25) is 5.54 Å². The molecular formula is C8H14N2O3. The summed E-state index contributed by atoms with van der Waals surface area (Å²) >= 11 is 0. The number of hydrogen-bond acceptors (Lipinski definition) is 4. The van der Waals surface area contributed by atoms with Crippen molar-refractivity contribution in [3.8, 4) is 0 Å². The number of rotatable bonds is 4. The Labute approximate surface area is 77.0 Å². The van der Waals surface area contributed by atoms with Crippen LogP contribution in [0.3, 0.4) is 0 Å². The molecule has 0 spiro atoms. The molecule has 0 aromatic rings. The van der Waals surface area contributed by atoms with Crippen LogP contribution < -0.4 is 0 Å². The highest BCUT2D eigenvalue weighted by atomic mass is 16.6. The number of nitrogens with zero attached hydrogens (tertiary/aromatic N) is 2. The minimum Gasteiger partial charge on any atom is -0.264 e. The van der Waals surface area contributed by atoms with Gasteiger partial charge in [0.25, 0.3) is 0 Å². The average molecular weight is 186 g/mol. The number of nitroso groups, excluding NO2 is 1. The largest absolute Gasteiger partial charge is 0.264 e. The molecule has 0 aliphatic carbocycles. The average Bonchev–Trinajstić information content (AvgIpc) is 2.01. The van der Waals surface area contributed by atoms with Crippen LogP contribution in [0.15, 0.2) is 17.3 Å². The Hall–Kier alpha value is -1.26. The lowest BCUT2D eigenvalue weighted by Crippen LogP contribution is -2.29. The Morgan fingerprint density at radius 3 is 2.00 bits per heavy atom. The van der Waals surface area contributed by atoms with Crippen molar-refractivity contribution in [2.75, 3.05) is 0 Å². The van der Waals surface area contributed by atoms with E-state index in [1.54, 1.807) is 13.8 Å². The highest BCUT2D eigenvalue weighted by molar-refractivity contribution is 5.06. The normalized spacial score (nSPS) is 13.2. The molecule has 0 atom stereocenters. The van der Waals surface area contributed by atoms with Crippen molar-refractivity contribution in [1.82, 2.24) is 0 Å². The first kappa shape index (κ1) is 11.7. The molecule has 0 saturated heterocycles. The van der Waals surface area contributed by atoms with E-state index in [4.69, 9.17) is 0 Å². The summed E-state index contributed by atoms with van der Waals surface area (Å²) in [5.74, 6) is 0. The Balaban J connectivity index is 4.61. The second kappa shape index (κ2) is 3.64. The van der Waals surface area contributed by atoms with Crippen LogP contribution >= 0.6 is 0 Å². The molecule has 0 aromatic carbocycles. The van der Waals surface area contributed by atoms with Crippen molar-refractivity contribution in [2.24, 2.45) is 5.18 Å². The van der Waals surface area contributed by atoms with E-state index in [0.717, 1.165) is 0 Å². The van der Waals surface area contributed by atoms with Gasteiger partial charge in [-0.15, -0.1) is 4.91 Å². The molecule has 0 heterocycles. The molecule has 74 valence electrons. The van der Waals surface area contributed by atoms with Crippen molar-refractivity contribution in [3.63, 3.8) is 0 Å². The zero-order valence-electron chi connectivity index (χ0n) is 8.27. The van der Waals surface area contributed by atoms with Crippen LogP contribution in [0.4, 0.5) is 0 Å². The summed E-state index contributed by atoms with van der Waals surface area (Å²) in [6, 6.07) is 0. The molecule has 0 saturated carbocycles. The van der Waals surface area contributed by atoms with Crippen LogP contribution in [0.1, 0.15) is 27.7 Å². The molecule has 0 amide bonds. The topological polar surface area (TPSA) is 72.6 Å². The molecule has 0 rings (SSSR count). The van der Waals surface area contributed by atoms with Gasteiger partial charge in [0.1, 0.15) is 5.54 Å². The molecule has 0 aliphatic rings. The first-order chi connectivity index (χ1) is 5.71. The van der Waals surface area contributed by atoms with E-state index in [0.29, 0.717) is 0 Å². The van der Waals surface area contributed by atoms with E-state index >= 15 is 0 Å². The molecule has 0 radical (unpaired) electrons. The van der Waals surface area contributed by atoms with E-state index in [9.17, 15) is 15.0 Å². The highest BCUT2D eigenvalue weighted by Crippen LogP contribution is 2.15. The Kier molecular flexibility index (Phi) is 3.28. The molecule has 13 heavy (non-hydrogen) atoms. The van der Waals surface area contributed by atoms with Crippen LogP contribution in [0.5, 0.6) is 0 Å². The fraction of sp³-hybridized carbons (Fsp3) is 0.750. The molecule has 5 heteroatoms. The van der Waals surface area contributed by atoms with E-state index in [2.05, 4.69) is 5.18 Å². The Morgan fingerprint density at radius 2 is 1.69 bits per heavy atom. The Morgan fingerprint density at radius 1 is 1.23 bits per heavy atom. The lowest BCUT2D eigenvalue weighted by atomic mass is 10.00. The predicted octanol–water partition coefficient (Wildman–Crippen LogP) is 2.14. The molecule has 0 bridgehead atoms. The number of hydrogen-bond donors (Lipinski definition) is 0. The second-order valence-corrected chi connectivity index (χ2v) is 3.99. The van der Waals surface area contributed by atoms with Crippen LogP contribution in [0, 0.1) is 15.0 Å². The van der Waals surface area contributed by atoms with E-state index in [1.807, 2.05) is 0 Å². The van der Waals surface area contributed by atoms with Crippen molar-refractivity contribution in [2.45, 2.75) is 38.8 Å². The molecular weight excluding hydrogens is 172 g/mol. The summed E-state index contributed by atoms with van der Waals surface area (Å²) in [6.07, 6.45) is 2.83. The van der Waals surface area contributed by atoms with Gasteiger partial charge in [-0.25, -0.2) is 0 Å². The molecule has 0 aliphatic heterocycles. The third kappa shape index (κ3) is 3.78. The summed E-state index contributed by atoms with van der Waals surface area (Å²) < 4.78 is 0. The van der Waals surface area contributed by atoms with Crippen molar-refractivity contribution >= 4 is 0 Å². The standard InChI is InChI=1S/C8H14N2O3/c1-7(2,9-11)5-6-8(3,4)10(12)13/h5-6H,1-4H3/b6-5+. The SMILES string of the molecule is CC(C)(/C=C/C(C)(C)[N+](=O)[O-])N=O. The van der Waals surface area contributed by atoms with Crippen molar-refractivity contribution in [3.05, 3.63) is 27.2 Å². The molecule has 0 fully saturated rings. The van der Waals surface area contributed by atoms with E-state index in [-0.39, 0.29) is 0 Å². The van der Waals surface area contributed by atoms with Gasteiger partial charge in [-0.2, -0.15) is 0 Å². The maximum Gasteiger partial charge on any atom is 0.234 e. The van der Waals surface area contributed by atoms with Gasteiger partial charge in [0, 0.05) is 18.8 Å². The molecule has 0 aromatic heterocycles. The second-order valence-electron chi connectivity index (χ2n) is 3.99. The van der Waals surface area contributed by atoms with E-state index < -0.39 is 16.0 Å². The van der Waals surface area contributed by atoms with Crippen LogP contribution in [0.25, 0.3) is 0 Å². The van der Waals surface area contributed by atoms with Gasteiger partial charge >= 0.3 is 0 Å². The highest BCUT2D eigenvalue weighted by Gasteiger charge is 2.28. The zero-order valence-corrected chi connectivity index (χ0v) is 8.27. The summed E-state index contributed by atoms with van der Waals surface area (Å²) in [7, 11) is 0. The van der Waals surface area contributed by atoms with Gasteiger partial charge in [-0.3, -0.25) is 10.1 Å². The summed E-state index contributed by atoms with van der Waals surface area (Å²) in [5.41, 5.74) is -2.03. The lowest BCUT2D eigenvalue weighted by Gasteiger charge is -2.13. The molecule has 0 unspecified atom stereocenters. The fourth-order valence-corrected chi connectivity index (χ4v) is 0.499. The zero-order chi connectivity index (χ0) is 10.7. The fourth-order valence-electron chi connectivity index (χ4n) is 0.499. The van der Waals surface area contributed by atoms with Crippen molar-refractivity contribution < 1.29 is 4.92 Å². The maximum absolute atomic E-state index is 10.5. The molecule has 0 N–H and O–H groups in total. The smallest absolute Gasteiger partial charge is 0.234 e. The van der Waals surface area contributed by atoms with Crippen LogP contribution in [-0.2, 0) is 0 Å². The van der Waals surface area contributed by atoms with Crippen LogP contribution in [-0.4, -0.2) is 16.0 Å². The van der Waals surface area contributed by atoms with Gasteiger partial charge in [0.15, 0.2) is 0 Å². The van der Waals surface area contributed by atoms with E-state index in [1.165, 1.54) is 26.0 Å². The minimum absolute atomic E-state index is 0.412. The summed E-state index contributed by atoms with van der Waals surface area (Å²) in [6.45, 7) is 6.10. The molecule has 5 nitrogen and oxygen atoms in total. The maximum atomic E-state index is 10.5. The van der Waals surface area contributed by atoms with Crippen molar-refractivity contribution in [1.29, 1.82) is 0 Å². The first-order valence-electron chi connectivity index (χ1n) is 3.91. The van der Waals surface area contributed by atoms with Gasteiger partial charge in [-0.05, 0) is 19.9 Å². The lowest BCUT2D eigenvalue weighted by molar-refractivity contribution is -0.545. The summed E-state index contributed by atoms with van der Waals surface area (Å²) in [5, 5.41) is 13.3. The third-order valence-electron chi connectivity index (χ3n) is 1.60. The third-order valence-corrected chi connectivity index (χ3v) is 1.60. The quantitative estimate of drug-likeness (QED) is 0.292. The first-order valence-corrected chi connectivity index (χ1v) is 3.91. The monoisotopic (exact) mass is 186 g/mol. The van der Waals surface area contributed by atoms with Gasteiger partial charge in [0.05, 0.1) is 0 Å². The van der Waals surface area contributed by atoms with Crippen LogP contribution in [0.2, 0.25) is 0 Å². The predicted molar refractivity (Wildman–Crippen MR) is 50.1 cm³/mol. The van der Waals surface area contributed by atoms with Gasteiger partial charge in [-0.1, -0.05) is 11.3 Å². The number of nitro groups is 1.